The van der Waals surface area contributed by atoms with Crippen LogP contribution in [0, 0.1) is 6.92 Å². The summed E-state index contributed by atoms with van der Waals surface area (Å²) < 4.78 is 5.37. The lowest BCUT2D eigenvalue weighted by molar-refractivity contribution is 0.0661. The first-order valence-corrected chi connectivity index (χ1v) is 5.48. The Kier molecular flexibility index (Phi) is 3.02. The molecule has 0 fully saturated rings. The lowest BCUT2D eigenvalue weighted by Gasteiger charge is -2.05. The Morgan fingerprint density at radius 1 is 1.39 bits per heavy atom. The van der Waals surface area contributed by atoms with Gasteiger partial charge in [0.2, 0.25) is 5.76 Å². The molecule has 0 unspecified atom stereocenters. The van der Waals surface area contributed by atoms with Crippen LogP contribution in [0.1, 0.15) is 28.6 Å². The Hall–Kier alpha value is -2.36. The standard InChI is InChI=1S/C14H12O4/c1-3-5-9-6-4-7-10-11(15)8(2)12(14(16)17)18-13(9)10/h3-7H,1-2H3,(H,16,17)/b5-3-. The minimum atomic E-state index is -1.23. The van der Waals surface area contributed by atoms with Crippen LogP contribution in [0.15, 0.2) is 33.5 Å². The van der Waals surface area contributed by atoms with Crippen LogP contribution in [0.25, 0.3) is 17.0 Å². The fourth-order valence-corrected chi connectivity index (χ4v) is 1.85. The molecule has 1 N–H and O–H groups in total. The summed E-state index contributed by atoms with van der Waals surface area (Å²) in [5.41, 5.74) is 0.811. The van der Waals surface area contributed by atoms with Crippen LogP contribution in [0.3, 0.4) is 0 Å². The first-order chi connectivity index (χ1) is 8.56. The maximum Gasteiger partial charge on any atom is 0.372 e. The average molecular weight is 244 g/mol. The SMILES string of the molecule is C/C=C\c1cccc2c(=O)c(C)c(C(=O)O)oc12. The van der Waals surface area contributed by atoms with E-state index in [-0.39, 0.29) is 16.8 Å². The Labute approximate surface area is 103 Å². The molecule has 0 spiro atoms. The minimum absolute atomic E-state index is 0.118. The molecule has 1 aromatic carbocycles. The molecule has 0 aliphatic heterocycles. The summed E-state index contributed by atoms with van der Waals surface area (Å²) in [7, 11) is 0. The molecule has 18 heavy (non-hydrogen) atoms. The van der Waals surface area contributed by atoms with E-state index in [1.165, 1.54) is 6.92 Å². The molecule has 0 radical (unpaired) electrons. The van der Waals surface area contributed by atoms with E-state index in [4.69, 9.17) is 9.52 Å². The zero-order valence-corrected chi connectivity index (χ0v) is 10.1. The Morgan fingerprint density at radius 3 is 2.72 bits per heavy atom. The molecular weight excluding hydrogens is 232 g/mol. The Morgan fingerprint density at radius 2 is 2.11 bits per heavy atom. The van der Waals surface area contributed by atoms with E-state index < -0.39 is 5.97 Å². The highest BCUT2D eigenvalue weighted by Crippen LogP contribution is 2.20. The molecule has 0 bridgehead atoms. The van der Waals surface area contributed by atoms with Crippen molar-refractivity contribution in [2.75, 3.05) is 0 Å². The van der Waals surface area contributed by atoms with Crippen LogP contribution in [0.5, 0.6) is 0 Å². The van der Waals surface area contributed by atoms with Gasteiger partial charge in [0.25, 0.3) is 0 Å². The van der Waals surface area contributed by atoms with E-state index in [9.17, 15) is 9.59 Å². The maximum atomic E-state index is 12.1. The zero-order chi connectivity index (χ0) is 13.3. The quantitative estimate of drug-likeness (QED) is 0.882. The molecule has 4 nitrogen and oxygen atoms in total. The largest absolute Gasteiger partial charge is 0.475 e. The van der Waals surface area contributed by atoms with Gasteiger partial charge < -0.3 is 9.52 Å². The molecule has 0 saturated carbocycles. The normalized spacial score (nSPS) is 11.2. The van der Waals surface area contributed by atoms with Gasteiger partial charge >= 0.3 is 5.97 Å². The molecule has 1 aromatic heterocycles. The summed E-state index contributed by atoms with van der Waals surface area (Å²) >= 11 is 0. The molecule has 0 aliphatic carbocycles. The molecule has 2 rings (SSSR count). The van der Waals surface area contributed by atoms with E-state index in [2.05, 4.69) is 0 Å². The summed E-state index contributed by atoms with van der Waals surface area (Å²) in [5.74, 6) is -1.54. The number of fused-ring (bicyclic) bond motifs is 1. The fourth-order valence-electron chi connectivity index (χ4n) is 1.85. The van der Waals surface area contributed by atoms with E-state index in [1.54, 1.807) is 30.4 Å². The molecule has 4 heteroatoms. The lowest BCUT2D eigenvalue weighted by Crippen LogP contribution is -2.12. The predicted octanol–water partition coefficient (Wildman–Crippen LogP) is 2.83. The second-order valence-corrected chi connectivity index (χ2v) is 3.91. The van der Waals surface area contributed by atoms with Gasteiger partial charge in [0.1, 0.15) is 5.58 Å². The number of hydrogen-bond donors (Lipinski definition) is 1. The van der Waals surface area contributed by atoms with Crippen molar-refractivity contribution in [2.45, 2.75) is 13.8 Å². The van der Waals surface area contributed by atoms with E-state index in [0.29, 0.717) is 16.5 Å². The predicted molar refractivity (Wildman–Crippen MR) is 68.9 cm³/mol. The number of aromatic carboxylic acids is 1. The van der Waals surface area contributed by atoms with Crippen molar-refractivity contribution in [3.63, 3.8) is 0 Å². The van der Waals surface area contributed by atoms with E-state index >= 15 is 0 Å². The first-order valence-electron chi connectivity index (χ1n) is 5.48. The maximum absolute atomic E-state index is 12.1. The van der Waals surface area contributed by atoms with Gasteiger partial charge in [0.05, 0.1) is 5.39 Å². The molecule has 0 amide bonds. The van der Waals surface area contributed by atoms with Gasteiger partial charge in [0, 0.05) is 11.1 Å². The smallest absolute Gasteiger partial charge is 0.372 e. The third-order valence-electron chi connectivity index (χ3n) is 2.72. The third-order valence-corrected chi connectivity index (χ3v) is 2.72. The van der Waals surface area contributed by atoms with Crippen LogP contribution in [-0.4, -0.2) is 11.1 Å². The van der Waals surface area contributed by atoms with E-state index in [0.717, 1.165) is 0 Å². The molecule has 0 saturated heterocycles. The van der Waals surface area contributed by atoms with Gasteiger partial charge in [0.15, 0.2) is 5.43 Å². The van der Waals surface area contributed by atoms with Crippen molar-refractivity contribution in [3.8, 4) is 0 Å². The van der Waals surface area contributed by atoms with Crippen molar-refractivity contribution in [3.05, 3.63) is 51.4 Å². The van der Waals surface area contributed by atoms with Crippen LogP contribution >= 0.6 is 0 Å². The summed E-state index contributed by atoms with van der Waals surface area (Å²) in [6, 6.07) is 5.15. The lowest BCUT2D eigenvalue weighted by atomic mass is 10.1. The summed E-state index contributed by atoms with van der Waals surface area (Å²) in [5, 5.41) is 9.42. The first kappa shape index (κ1) is 12.1. The zero-order valence-electron chi connectivity index (χ0n) is 10.1. The number of para-hydroxylation sites is 1. The Bertz CT molecular complexity index is 708. The number of allylic oxidation sites excluding steroid dienone is 1. The van der Waals surface area contributed by atoms with Crippen molar-refractivity contribution >= 4 is 23.0 Å². The van der Waals surface area contributed by atoms with Gasteiger partial charge in [-0.2, -0.15) is 0 Å². The molecule has 0 aliphatic rings. The molecular formula is C14H12O4. The number of hydrogen-bond acceptors (Lipinski definition) is 3. The van der Waals surface area contributed by atoms with Crippen molar-refractivity contribution in [1.82, 2.24) is 0 Å². The third kappa shape index (κ3) is 1.82. The van der Waals surface area contributed by atoms with Gasteiger partial charge in [-0.3, -0.25) is 4.79 Å². The topological polar surface area (TPSA) is 67.5 Å². The minimum Gasteiger partial charge on any atom is -0.475 e. The monoisotopic (exact) mass is 244 g/mol. The van der Waals surface area contributed by atoms with Crippen LogP contribution in [0.4, 0.5) is 0 Å². The van der Waals surface area contributed by atoms with Crippen molar-refractivity contribution in [2.24, 2.45) is 0 Å². The van der Waals surface area contributed by atoms with Gasteiger partial charge in [-0.1, -0.05) is 24.3 Å². The number of rotatable bonds is 2. The average Bonchev–Trinajstić information content (AvgIpc) is 2.34. The molecule has 1 heterocycles. The highest BCUT2D eigenvalue weighted by molar-refractivity contribution is 5.91. The highest BCUT2D eigenvalue weighted by atomic mass is 16.4. The number of benzene rings is 1. The number of carboxylic acid groups (broad SMARTS) is 1. The van der Waals surface area contributed by atoms with Crippen molar-refractivity contribution < 1.29 is 14.3 Å². The van der Waals surface area contributed by atoms with Gasteiger partial charge in [-0.25, -0.2) is 4.79 Å². The molecule has 92 valence electrons. The number of carbonyl (C=O) groups is 1. The fraction of sp³-hybridized carbons (Fsp3) is 0.143. The summed E-state index contributed by atoms with van der Waals surface area (Å²) in [4.78, 5) is 23.1. The van der Waals surface area contributed by atoms with Crippen LogP contribution in [0.2, 0.25) is 0 Å². The summed E-state index contributed by atoms with van der Waals surface area (Å²) in [6.07, 6.45) is 3.57. The second-order valence-electron chi connectivity index (χ2n) is 3.91. The van der Waals surface area contributed by atoms with Crippen molar-refractivity contribution in [1.29, 1.82) is 0 Å². The molecule has 0 atom stereocenters. The van der Waals surface area contributed by atoms with Crippen LogP contribution < -0.4 is 5.43 Å². The molecule has 2 aromatic rings. The summed E-state index contributed by atoms with van der Waals surface area (Å²) in [6.45, 7) is 3.29. The van der Waals surface area contributed by atoms with Crippen LogP contribution in [-0.2, 0) is 0 Å². The van der Waals surface area contributed by atoms with Gasteiger partial charge in [-0.05, 0) is 19.9 Å². The van der Waals surface area contributed by atoms with E-state index in [1.807, 2.05) is 6.92 Å². The second kappa shape index (κ2) is 4.49. The highest BCUT2D eigenvalue weighted by Gasteiger charge is 2.17. The Balaban J connectivity index is 2.96. The van der Waals surface area contributed by atoms with Gasteiger partial charge in [-0.15, -0.1) is 0 Å². The number of carboxylic acids is 1.